The number of hydrogen-bond acceptors (Lipinski definition) is 1. The second kappa shape index (κ2) is 6.46. The highest BCUT2D eigenvalue weighted by molar-refractivity contribution is 5.96. The Bertz CT molecular complexity index is 212. The standard InChI is InChI=1S/C11H19NO/c1-5-9-10(6-2)11(13)12(7-3)8-4/h5-6,9H,7-8H2,1-4H3/b9-5-,10-6+. The highest BCUT2D eigenvalue weighted by atomic mass is 16.2. The van der Waals surface area contributed by atoms with Crippen LogP contribution in [0.1, 0.15) is 27.7 Å². The lowest BCUT2D eigenvalue weighted by molar-refractivity contribution is -0.126. The van der Waals surface area contributed by atoms with Gasteiger partial charge in [-0.25, -0.2) is 0 Å². The topological polar surface area (TPSA) is 20.3 Å². The van der Waals surface area contributed by atoms with Crippen molar-refractivity contribution in [3.05, 3.63) is 23.8 Å². The monoisotopic (exact) mass is 181 g/mol. The molecule has 0 atom stereocenters. The molecule has 2 heteroatoms. The zero-order chi connectivity index (χ0) is 10.3. The van der Waals surface area contributed by atoms with E-state index in [0.29, 0.717) is 0 Å². The molecule has 0 saturated heterocycles. The Morgan fingerprint density at radius 2 is 1.77 bits per heavy atom. The average Bonchev–Trinajstić information content (AvgIpc) is 2.15. The van der Waals surface area contributed by atoms with Crippen LogP contribution in [0, 0.1) is 0 Å². The van der Waals surface area contributed by atoms with Crippen molar-refractivity contribution in [3.63, 3.8) is 0 Å². The van der Waals surface area contributed by atoms with Gasteiger partial charge >= 0.3 is 0 Å². The molecule has 0 rings (SSSR count). The molecule has 0 N–H and O–H groups in total. The zero-order valence-electron chi connectivity index (χ0n) is 9.00. The van der Waals surface area contributed by atoms with E-state index in [2.05, 4.69) is 0 Å². The average molecular weight is 181 g/mol. The smallest absolute Gasteiger partial charge is 0.253 e. The van der Waals surface area contributed by atoms with Crippen LogP contribution in [0.4, 0.5) is 0 Å². The fourth-order valence-corrected chi connectivity index (χ4v) is 1.16. The minimum atomic E-state index is 0.116. The summed E-state index contributed by atoms with van der Waals surface area (Å²) in [6.07, 6.45) is 5.58. The molecule has 13 heavy (non-hydrogen) atoms. The maximum Gasteiger partial charge on any atom is 0.253 e. The summed E-state index contributed by atoms with van der Waals surface area (Å²) in [4.78, 5) is 13.5. The van der Waals surface area contributed by atoms with Crippen LogP contribution in [0.15, 0.2) is 23.8 Å². The number of amides is 1. The number of hydrogen-bond donors (Lipinski definition) is 0. The summed E-state index contributed by atoms with van der Waals surface area (Å²) in [5.74, 6) is 0.116. The largest absolute Gasteiger partial charge is 0.339 e. The molecule has 0 bridgehead atoms. The molecule has 2 nitrogen and oxygen atoms in total. The van der Waals surface area contributed by atoms with Gasteiger partial charge in [0.2, 0.25) is 0 Å². The van der Waals surface area contributed by atoms with Crippen LogP contribution in [0.5, 0.6) is 0 Å². The molecular formula is C11H19NO. The molecule has 0 aliphatic rings. The van der Waals surface area contributed by atoms with E-state index in [1.54, 1.807) is 0 Å². The van der Waals surface area contributed by atoms with Gasteiger partial charge in [-0.1, -0.05) is 18.2 Å². The van der Waals surface area contributed by atoms with Gasteiger partial charge in [-0.2, -0.15) is 0 Å². The second-order valence-corrected chi connectivity index (χ2v) is 2.72. The summed E-state index contributed by atoms with van der Waals surface area (Å²) in [5, 5.41) is 0. The van der Waals surface area contributed by atoms with Crippen molar-refractivity contribution in [2.75, 3.05) is 13.1 Å². The van der Waals surface area contributed by atoms with Crippen LogP contribution >= 0.6 is 0 Å². The van der Waals surface area contributed by atoms with Gasteiger partial charge in [0, 0.05) is 18.7 Å². The number of rotatable bonds is 4. The molecule has 0 aliphatic heterocycles. The summed E-state index contributed by atoms with van der Waals surface area (Å²) >= 11 is 0. The van der Waals surface area contributed by atoms with Crippen LogP contribution in [0.3, 0.4) is 0 Å². The Kier molecular flexibility index (Phi) is 5.94. The first-order valence-electron chi connectivity index (χ1n) is 4.79. The summed E-state index contributed by atoms with van der Waals surface area (Å²) in [7, 11) is 0. The minimum Gasteiger partial charge on any atom is -0.339 e. The third-order valence-corrected chi connectivity index (χ3v) is 1.95. The maximum atomic E-state index is 11.7. The molecule has 0 aliphatic carbocycles. The van der Waals surface area contributed by atoms with E-state index in [1.807, 2.05) is 50.8 Å². The molecule has 74 valence electrons. The number of nitrogens with zero attached hydrogens (tertiary/aromatic N) is 1. The van der Waals surface area contributed by atoms with Crippen molar-refractivity contribution in [1.29, 1.82) is 0 Å². The van der Waals surface area contributed by atoms with Crippen molar-refractivity contribution in [1.82, 2.24) is 4.90 Å². The van der Waals surface area contributed by atoms with Crippen LogP contribution in [0.2, 0.25) is 0 Å². The summed E-state index contributed by atoms with van der Waals surface area (Å²) in [6, 6.07) is 0. The molecule has 0 aromatic carbocycles. The highest BCUT2D eigenvalue weighted by Gasteiger charge is 2.11. The van der Waals surface area contributed by atoms with E-state index in [9.17, 15) is 4.79 Å². The molecule has 1 amide bonds. The second-order valence-electron chi connectivity index (χ2n) is 2.72. The minimum absolute atomic E-state index is 0.116. The maximum absolute atomic E-state index is 11.7. The van der Waals surface area contributed by atoms with Gasteiger partial charge in [-0.3, -0.25) is 4.79 Å². The van der Waals surface area contributed by atoms with Gasteiger partial charge in [-0.05, 0) is 27.7 Å². The van der Waals surface area contributed by atoms with Crippen molar-refractivity contribution in [3.8, 4) is 0 Å². The normalized spacial score (nSPS) is 12.2. The van der Waals surface area contributed by atoms with Crippen molar-refractivity contribution >= 4 is 5.91 Å². The molecule has 0 aromatic rings. The first kappa shape index (κ1) is 11.9. The molecule has 0 saturated carbocycles. The summed E-state index contributed by atoms with van der Waals surface area (Å²) in [6.45, 7) is 9.32. The van der Waals surface area contributed by atoms with E-state index in [4.69, 9.17) is 0 Å². The molecule has 0 aromatic heterocycles. The van der Waals surface area contributed by atoms with E-state index in [-0.39, 0.29) is 5.91 Å². The SMILES string of the molecule is C/C=C\C(=C/C)C(=O)N(CC)CC. The third kappa shape index (κ3) is 3.45. The Morgan fingerprint density at radius 3 is 2.08 bits per heavy atom. The van der Waals surface area contributed by atoms with E-state index in [0.717, 1.165) is 18.7 Å². The highest BCUT2D eigenvalue weighted by Crippen LogP contribution is 2.03. The number of likely N-dealkylation sites (N-methyl/N-ethyl adjacent to an activating group) is 1. The van der Waals surface area contributed by atoms with E-state index >= 15 is 0 Å². The Labute approximate surface area is 80.9 Å². The first-order chi connectivity index (χ1) is 6.21. The van der Waals surface area contributed by atoms with E-state index in [1.165, 1.54) is 0 Å². The summed E-state index contributed by atoms with van der Waals surface area (Å²) < 4.78 is 0. The summed E-state index contributed by atoms with van der Waals surface area (Å²) in [5.41, 5.74) is 0.770. The Hall–Kier alpha value is -1.05. The third-order valence-electron chi connectivity index (χ3n) is 1.95. The zero-order valence-corrected chi connectivity index (χ0v) is 9.00. The van der Waals surface area contributed by atoms with Crippen LogP contribution in [-0.2, 0) is 4.79 Å². The van der Waals surface area contributed by atoms with Gasteiger partial charge in [0.25, 0.3) is 5.91 Å². The molecule has 0 radical (unpaired) electrons. The predicted octanol–water partition coefficient (Wildman–Crippen LogP) is 2.38. The fraction of sp³-hybridized carbons (Fsp3) is 0.545. The van der Waals surface area contributed by atoms with Gasteiger partial charge in [0.15, 0.2) is 0 Å². The van der Waals surface area contributed by atoms with Gasteiger partial charge in [0.1, 0.15) is 0 Å². The molecule has 0 spiro atoms. The van der Waals surface area contributed by atoms with Crippen molar-refractivity contribution in [2.45, 2.75) is 27.7 Å². The van der Waals surface area contributed by atoms with Crippen molar-refractivity contribution < 1.29 is 4.79 Å². The van der Waals surface area contributed by atoms with E-state index < -0.39 is 0 Å². The lowest BCUT2D eigenvalue weighted by Gasteiger charge is -2.18. The van der Waals surface area contributed by atoms with Crippen molar-refractivity contribution in [2.24, 2.45) is 0 Å². The fourth-order valence-electron chi connectivity index (χ4n) is 1.16. The van der Waals surface area contributed by atoms with Crippen LogP contribution < -0.4 is 0 Å². The first-order valence-corrected chi connectivity index (χ1v) is 4.79. The Morgan fingerprint density at radius 1 is 1.23 bits per heavy atom. The molecule has 0 heterocycles. The molecular weight excluding hydrogens is 162 g/mol. The number of carbonyl (C=O) groups excluding carboxylic acids is 1. The van der Waals surface area contributed by atoms with Crippen LogP contribution in [0.25, 0.3) is 0 Å². The number of carbonyl (C=O) groups is 1. The predicted molar refractivity (Wildman–Crippen MR) is 56.5 cm³/mol. The molecule has 0 unspecified atom stereocenters. The Balaban J connectivity index is 4.54. The number of allylic oxidation sites excluding steroid dienone is 2. The quantitative estimate of drug-likeness (QED) is 0.481. The van der Waals surface area contributed by atoms with Gasteiger partial charge in [-0.15, -0.1) is 0 Å². The molecule has 0 fully saturated rings. The lowest BCUT2D eigenvalue weighted by atomic mass is 10.2. The lowest BCUT2D eigenvalue weighted by Crippen LogP contribution is -2.31. The van der Waals surface area contributed by atoms with Crippen LogP contribution in [-0.4, -0.2) is 23.9 Å². The van der Waals surface area contributed by atoms with Gasteiger partial charge in [0.05, 0.1) is 0 Å². The van der Waals surface area contributed by atoms with Gasteiger partial charge < -0.3 is 4.90 Å².